The number of esters is 1. The van der Waals surface area contributed by atoms with Crippen LogP contribution in [0.5, 0.6) is 0 Å². The van der Waals surface area contributed by atoms with Gasteiger partial charge in [0.2, 0.25) is 0 Å². The lowest BCUT2D eigenvalue weighted by molar-refractivity contribution is -0.185. The maximum absolute atomic E-state index is 13.4. The summed E-state index contributed by atoms with van der Waals surface area (Å²) in [5.41, 5.74) is 3.71. The Kier molecular flexibility index (Phi) is 3.25. The van der Waals surface area contributed by atoms with Gasteiger partial charge in [-0.15, -0.1) is 0 Å². The van der Waals surface area contributed by atoms with Crippen LogP contribution in [0.3, 0.4) is 0 Å². The smallest absolute Gasteiger partial charge is 0.329 e. The van der Waals surface area contributed by atoms with Crippen molar-refractivity contribution in [3.63, 3.8) is 0 Å². The van der Waals surface area contributed by atoms with Crippen LogP contribution in [0.15, 0.2) is 48.5 Å². The van der Waals surface area contributed by atoms with Gasteiger partial charge in [0, 0.05) is 30.0 Å². The molecule has 5 nitrogen and oxygen atoms in total. The van der Waals surface area contributed by atoms with E-state index in [9.17, 15) is 10.1 Å². The van der Waals surface area contributed by atoms with Crippen molar-refractivity contribution in [2.24, 2.45) is 5.41 Å². The Hall–Kier alpha value is -2.68. The predicted octanol–water partition coefficient (Wildman–Crippen LogP) is 2.97. The van der Waals surface area contributed by atoms with E-state index in [1.807, 2.05) is 6.07 Å². The largest absolute Gasteiger partial charge is 0.468 e. The third-order valence-corrected chi connectivity index (χ3v) is 8.10. The molecule has 0 N–H and O–H groups in total. The maximum Gasteiger partial charge on any atom is 0.329 e. The van der Waals surface area contributed by atoms with Crippen LogP contribution in [0.1, 0.15) is 46.2 Å². The second-order valence-electron chi connectivity index (χ2n) is 8.90. The number of fused-ring (bicyclic) bond motifs is 3. The van der Waals surface area contributed by atoms with E-state index in [4.69, 9.17) is 4.74 Å². The molecule has 7 rings (SSSR count). The van der Waals surface area contributed by atoms with Crippen LogP contribution >= 0.6 is 0 Å². The van der Waals surface area contributed by atoms with E-state index in [-0.39, 0.29) is 30.1 Å². The fraction of sp³-hybridized carbons (Fsp3) is 0.417. The van der Waals surface area contributed by atoms with E-state index in [2.05, 4.69) is 72.4 Å². The summed E-state index contributed by atoms with van der Waals surface area (Å²) in [5.74, 6) is -0.0204. The van der Waals surface area contributed by atoms with E-state index >= 15 is 0 Å². The predicted molar refractivity (Wildman–Crippen MR) is 107 cm³/mol. The SMILES string of the molecule is COC(=O)C1(C#N)[C@@H]2c3ccccc3C3C(C4c5ccccc5C3N(C)[C@@H]41)N2C. The monoisotopic (exact) mass is 385 g/mol. The standard InChI is InChI=1S/C24H23N3O2/c1-26-19-15-10-6-4-8-13(15)18-20-17(19)14-9-5-7-11-16(14)21(27(20)2)24(12-25,22(18)26)23(28)29-3/h4-11,17-22H,1-3H3/t17?,18?,19?,20?,21-,22-,24?/m0/s1. The van der Waals surface area contributed by atoms with Crippen LogP contribution in [-0.4, -0.2) is 49.1 Å². The Morgan fingerprint density at radius 3 is 2.17 bits per heavy atom. The Bertz CT molecular complexity index is 1090. The van der Waals surface area contributed by atoms with Gasteiger partial charge in [-0.2, -0.15) is 5.26 Å². The molecule has 2 aromatic carbocycles. The van der Waals surface area contributed by atoms with Gasteiger partial charge in [-0.05, 0) is 36.3 Å². The summed E-state index contributed by atoms with van der Waals surface area (Å²) in [4.78, 5) is 18.0. The highest BCUT2D eigenvalue weighted by atomic mass is 16.5. The number of ether oxygens (including phenoxy) is 1. The van der Waals surface area contributed by atoms with Gasteiger partial charge < -0.3 is 4.74 Å². The zero-order valence-electron chi connectivity index (χ0n) is 16.7. The number of rotatable bonds is 1. The molecular weight excluding hydrogens is 362 g/mol. The van der Waals surface area contributed by atoms with E-state index in [1.165, 1.54) is 23.8 Å². The van der Waals surface area contributed by atoms with Gasteiger partial charge in [0.25, 0.3) is 0 Å². The van der Waals surface area contributed by atoms with Crippen molar-refractivity contribution in [1.29, 1.82) is 5.26 Å². The van der Waals surface area contributed by atoms with E-state index in [0.717, 1.165) is 5.56 Å². The summed E-state index contributed by atoms with van der Waals surface area (Å²) < 4.78 is 5.32. The summed E-state index contributed by atoms with van der Waals surface area (Å²) in [6, 6.07) is 19.4. The van der Waals surface area contributed by atoms with Crippen molar-refractivity contribution in [2.45, 2.75) is 36.0 Å². The molecule has 29 heavy (non-hydrogen) atoms. The van der Waals surface area contributed by atoms with Crippen LogP contribution in [0.25, 0.3) is 0 Å². The molecule has 5 heteroatoms. The van der Waals surface area contributed by atoms with Crippen LogP contribution in [0.2, 0.25) is 0 Å². The summed E-state index contributed by atoms with van der Waals surface area (Å²) in [5, 5.41) is 10.6. The van der Waals surface area contributed by atoms with Crippen molar-refractivity contribution in [1.82, 2.24) is 9.80 Å². The minimum absolute atomic E-state index is 0.0829. The zero-order valence-corrected chi connectivity index (χ0v) is 16.7. The number of nitriles is 1. The second kappa shape index (κ2) is 5.47. The molecule has 146 valence electrons. The summed E-state index contributed by atoms with van der Waals surface area (Å²) in [7, 11) is 5.58. The number of carbonyl (C=O) groups excluding carboxylic acids is 1. The van der Waals surface area contributed by atoms with E-state index in [0.29, 0.717) is 5.92 Å². The molecule has 4 heterocycles. The molecule has 0 aromatic heterocycles. The summed E-state index contributed by atoms with van der Waals surface area (Å²) in [6.07, 6.45) is 0. The number of carbonyl (C=O) groups is 1. The Morgan fingerprint density at radius 2 is 1.55 bits per heavy atom. The average Bonchev–Trinajstić information content (AvgIpc) is 2.76. The fourth-order valence-corrected chi connectivity index (χ4v) is 7.35. The Balaban J connectivity index is 1.77. The zero-order chi connectivity index (χ0) is 20.1. The Morgan fingerprint density at radius 1 is 0.966 bits per heavy atom. The highest BCUT2D eigenvalue weighted by molar-refractivity contribution is 5.84. The van der Waals surface area contributed by atoms with Crippen molar-refractivity contribution in [3.8, 4) is 6.07 Å². The molecule has 0 amide bonds. The summed E-state index contributed by atoms with van der Waals surface area (Å²) in [6.45, 7) is 0. The molecule has 7 atom stereocenters. The van der Waals surface area contributed by atoms with Crippen LogP contribution in [0, 0.1) is 16.7 Å². The molecule has 1 aliphatic carbocycles. The normalized spacial score (nSPS) is 38.8. The molecule has 0 spiro atoms. The molecule has 0 saturated carbocycles. The van der Waals surface area contributed by atoms with Crippen molar-refractivity contribution < 1.29 is 9.53 Å². The number of nitrogens with zero attached hydrogens (tertiary/aromatic N) is 3. The molecule has 5 aliphatic rings. The second-order valence-corrected chi connectivity index (χ2v) is 8.90. The lowest BCUT2D eigenvalue weighted by Crippen LogP contribution is -2.75. The molecule has 0 radical (unpaired) electrons. The quantitative estimate of drug-likeness (QED) is 0.707. The number of benzene rings is 2. The summed E-state index contributed by atoms with van der Waals surface area (Å²) >= 11 is 0. The highest BCUT2D eigenvalue weighted by Crippen LogP contribution is 2.70. The number of hydrogen-bond acceptors (Lipinski definition) is 5. The van der Waals surface area contributed by atoms with Crippen molar-refractivity contribution in [2.75, 3.05) is 21.2 Å². The van der Waals surface area contributed by atoms with E-state index in [1.54, 1.807) is 0 Å². The topological polar surface area (TPSA) is 56.6 Å². The minimum atomic E-state index is -1.29. The highest BCUT2D eigenvalue weighted by Gasteiger charge is 2.73. The van der Waals surface area contributed by atoms with Gasteiger partial charge in [-0.25, -0.2) is 0 Å². The third-order valence-electron chi connectivity index (χ3n) is 8.10. The molecular formula is C24H23N3O2. The first kappa shape index (κ1) is 17.2. The van der Waals surface area contributed by atoms with Gasteiger partial charge in [-0.1, -0.05) is 48.5 Å². The van der Waals surface area contributed by atoms with Gasteiger partial charge in [0.1, 0.15) is 0 Å². The lowest BCUT2D eigenvalue weighted by atomic mass is 9.47. The number of likely N-dealkylation sites (N-methyl/N-ethyl adjacent to an activating group) is 2. The van der Waals surface area contributed by atoms with Crippen molar-refractivity contribution in [3.05, 3.63) is 70.8 Å². The molecule has 2 saturated heterocycles. The van der Waals surface area contributed by atoms with Crippen LogP contribution < -0.4 is 0 Å². The molecule has 5 unspecified atom stereocenters. The van der Waals surface area contributed by atoms with Gasteiger partial charge in [-0.3, -0.25) is 14.6 Å². The number of piperidine rings is 2. The van der Waals surface area contributed by atoms with Crippen LogP contribution in [0.4, 0.5) is 0 Å². The Labute approximate surface area is 170 Å². The number of methoxy groups -OCH3 is 1. The van der Waals surface area contributed by atoms with Crippen molar-refractivity contribution >= 4 is 5.97 Å². The molecule has 5 bridgehead atoms. The first-order valence-electron chi connectivity index (χ1n) is 10.2. The van der Waals surface area contributed by atoms with Gasteiger partial charge in [0.05, 0.1) is 19.2 Å². The molecule has 2 fully saturated rings. The first-order chi connectivity index (χ1) is 14.1. The van der Waals surface area contributed by atoms with Gasteiger partial charge >= 0.3 is 5.97 Å². The third kappa shape index (κ3) is 1.69. The number of hydrogen-bond donors (Lipinski definition) is 0. The first-order valence-corrected chi connectivity index (χ1v) is 10.2. The molecule has 4 aliphatic heterocycles. The molecule has 2 aromatic rings. The average molecular weight is 385 g/mol. The van der Waals surface area contributed by atoms with E-state index < -0.39 is 11.4 Å². The fourth-order valence-electron chi connectivity index (χ4n) is 7.35. The lowest BCUT2D eigenvalue weighted by Gasteiger charge is -2.70. The minimum Gasteiger partial charge on any atom is -0.468 e. The van der Waals surface area contributed by atoms with Gasteiger partial charge in [0.15, 0.2) is 5.41 Å². The maximum atomic E-state index is 13.4. The van der Waals surface area contributed by atoms with Crippen LogP contribution in [-0.2, 0) is 9.53 Å².